The van der Waals surface area contributed by atoms with Crippen LogP contribution in [0.3, 0.4) is 0 Å². The standard InChI is InChI=1S/C16H12N4O3.C7H11NO/c17-15-11-7-10(20-16(11)19-8-18-15)3-2-6-21-12-4-1-5-13-14(12)23-9-22-13;1-2-7(9)8-5-3-4-6-8/h1,4-5,7-8H,6,9H2,(H3,17,18,19,20);2H,1,3-6H2. The number of fused-ring (bicyclic) bond motifs is 2. The summed E-state index contributed by atoms with van der Waals surface area (Å²) < 4.78 is 16.3. The van der Waals surface area contributed by atoms with Crippen molar-refractivity contribution >= 4 is 22.8 Å². The Kier molecular flexibility index (Phi) is 6.41. The third kappa shape index (κ3) is 4.75. The van der Waals surface area contributed by atoms with Crippen molar-refractivity contribution < 1.29 is 19.0 Å². The normalized spacial score (nSPS) is 13.7. The molecule has 1 aromatic carbocycles. The van der Waals surface area contributed by atoms with Gasteiger partial charge in [0.15, 0.2) is 11.5 Å². The molecule has 2 aliphatic rings. The number of H-pyrrole nitrogens is 1. The number of para-hydroxylation sites is 1. The number of hydrogen-bond donors (Lipinski definition) is 2. The molecular weight excluding hydrogens is 410 g/mol. The van der Waals surface area contributed by atoms with Crippen molar-refractivity contribution in [3.63, 3.8) is 0 Å². The topological polar surface area (TPSA) is 116 Å². The number of nitrogens with one attached hydrogen (secondary N) is 1. The largest absolute Gasteiger partial charge is 0.477 e. The van der Waals surface area contributed by atoms with Crippen LogP contribution in [-0.4, -0.2) is 52.2 Å². The highest BCUT2D eigenvalue weighted by molar-refractivity contribution is 5.87. The van der Waals surface area contributed by atoms with Crippen LogP contribution in [0.4, 0.5) is 5.82 Å². The summed E-state index contributed by atoms with van der Waals surface area (Å²) in [5.74, 6) is 8.31. The van der Waals surface area contributed by atoms with Gasteiger partial charge in [0.1, 0.15) is 24.4 Å². The first kappa shape index (κ1) is 21.1. The molecule has 3 aromatic rings. The molecule has 3 N–H and O–H groups in total. The highest BCUT2D eigenvalue weighted by Crippen LogP contribution is 2.40. The van der Waals surface area contributed by atoms with Crippen molar-refractivity contribution in [2.45, 2.75) is 12.8 Å². The summed E-state index contributed by atoms with van der Waals surface area (Å²) in [5.41, 5.74) is 7.15. The van der Waals surface area contributed by atoms with Gasteiger partial charge in [-0.15, -0.1) is 0 Å². The fraction of sp³-hybridized carbons (Fsp3) is 0.261. The van der Waals surface area contributed by atoms with Crippen LogP contribution in [0.25, 0.3) is 11.0 Å². The lowest BCUT2D eigenvalue weighted by Crippen LogP contribution is -2.25. The quantitative estimate of drug-likeness (QED) is 0.482. The summed E-state index contributed by atoms with van der Waals surface area (Å²) in [6.45, 7) is 5.68. The van der Waals surface area contributed by atoms with Crippen LogP contribution >= 0.6 is 0 Å². The Bertz CT molecular complexity index is 1190. The van der Waals surface area contributed by atoms with Crippen LogP contribution in [0.15, 0.2) is 43.2 Å². The van der Waals surface area contributed by atoms with Crippen LogP contribution in [0.2, 0.25) is 0 Å². The van der Waals surface area contributed by atoms with Crippen LogP contribution in [0, 0.1) is 11.8 Å². The van der Waals surface area contributed by atoms with E-state index in [1.165, 1.54) is 12.4 Å². The molecule has 0 unspecified atom stereocenters. The fourth-order valence-electron chi connectivity index (χ4n) is 3.36. The lowest BCUT2D eigenvalue weighted by atomic mass is 10.3. The van der Waals surface area contributed by atoms with Crippen molar-refractivity contribution in [1.82, 2.24) is 19.9 Å². The van der Waals surface area contributed by atoms with Gasteiger partial charge >= 0.3 is 0 Å². The third-order valence-corrected chi connectivity index (χ3v) is 4.93. The number of likely N-dealkylation sites (tertiary alicyclic amines) is 1. The predicted molar refractivity (Wildman–Crippen MR) is 119 cm³/mol. The van der Waals surface area contributed by atoms with Gasteiger partial charge in [-0.25, -0.2) is 9.97 Å². The van der Waals surface area contributed by atoms with Crippen molar-refractivity contribution in [3.05, 3.63) is 48.9 Å². The number of carbonyl (C=O) groups is 1. The Labute approximate surface area is 185 Å². The summed E-state index contributed by atoms with van der Waals surface area (Å²) in [5, 5.41) is 0.754. The van der Waals surface area contributed by atoms with E-state index in [0.717, 1.165) is 31.3 Å². The molecule has 164 valence electrons. The molecule has 2 aromatic heterocycles. The number of ether oxygens (including phenoxy) is 3. The molecule has 2 aliphatic heterocycles. The Morgan fingerprint density at radius 3 is 2.94 bits per heavy atom. The highest BCUT2D eigenvalue weighted by atomic mass is 16.7. The van der Waals surface area contributed by atoms with E-state index in [1.54, 1.807) is 0 Å². The molecule has 0 saturated carbocycles. The van der Waals surface area contributed by atoms with Gasteiger partial charge < -0.3 is 29.8 Å². The molecule has 9 heteroatoms. The van der Waals surface area contributed by atoms with Gasteiger partial charge in [-0.3, -0.25) is 4.79 Å². The Morgan fingerprint density at radius 1 is 1.31 bits per heavy atom. The fourth-order valence-corrected chi connectivity index (χ4v) is 3.36. The first-order valence-corrected chi connectivity index (χ1v) is 10.2. The molecule has 0 atom stereocenters. The molecule has 1 fully saturated rings. The summed E-state index contributed by atoms with van der Waals surface area (Å²) in [6.07, 6.45) is 5.09. The second-order valence-electron chi connectivity index (χ2n) is 7.02. The van der Waals surface area contributed by atoms with Crippen LogP contribution in [0.5, 0.6) is 17.2 Å². The minimum absolute atomic E-state index is 0.0764. The summed E-state index contributed by atoms with van der Waals surface area (Å²) >= 11 is 0. The number of carbonyl (C=O) groups excluding carboxylic acids is 1. The molecule has 5 rings (SSSR count). The lowest BCUT2D eigenvalue weighted by molar-refractivity contribution is -0.124. The Hall–Kier alpha value is -4.19. The second kappa shape index (κ2) is 9.75. The molecule has 1 amide bonds. The number of anilines is 1. The number of nitrogens with zero attached hydrogens (tertiary/aromatic N) is 3. The van der Waals surface area contributed by atoms with Crippen LogP contribution in [-0.2, 0) is 4.79 Å². The molecule has 0 spiro atoms. The van der Waals surface area contributed by atoms with E-state index in [1.807, 2.05) is 29.2 Å². The van der Waals surface area contributed by atoms with E-state index in [-0.39, 0.29) is 19.3 Å². The minimum Gasteiger partial charge on any atom is -0.477 e. The lowest BCUT2D eigenvalue weighted by Gasteiger charge is -2.10. The van der Waals surface area contributed by atoms with Gasteiger partial charge in [0.05, 0.1) is 11.1 Å². The zero-order chi connectivity index (χ0) is 22.3. The highest BCUT2D eigenvalue weighted by Gasteiger charge is 2.18. The van der Waals surface area contributed by atoms with Gasteiger partial charge in [-0.2, -0.15) is 0 Å². The molecule has 9 nitrogen and oxygen atoms in total. The first-order valence-electron chi connectivity index (χ1n) is 10.2. The number of aromatic amines is 1. The monoisotopic (exact) mass is 433 g/mol. The zero-order valence-electron chi connectivity index (χ0n) is 17.5. The summed E-state index contributed by atoms with van der Waals surface area (Å²) in [4.78, 5) is 23.8. The Balaban J connectivity index is 0.000000230. The van der Waals surface area contributed by atoms with E-state index >= 15 is 0 Å². The van der Waals surface area contributed by atoms with Crippen LogP contribution < -0.4 is 19.9 Å². The van der Waals surface area contributed by atoms with Crippen molar-refractivity contribution in [2.75, 3.05) is 32.2 Å². The van der Waals surface area contributed by atoms with E-state index in [0.29, 0.717) is 34.4 Å². The van der Waals surface area contributed by atoms with Crippen molar-refractivity contribution in [1.29, 1.82) is 0 Å². The van der Waals surface area contributed by atoms with Crippen LogP contribution in [0.1, 0.15) is 18.5 Å². The average Bonchev–Trinajstić information content (AvgIpc) is 3.57. The smallest absolute Gasteiger partial charge is 0.245 e. The first-order chi connectivity index (χ1) is 15.7. The average molecular weight is 433 g/mol. The summed E-state index contributed by atoms with van der Waals surface area (Å²) in [7, 11) is 0. The molecule has 32 heavy (non-hydrogen) atoms. The predicted octanol–water partition coefficient (Wildman–Crippen LogP) is 2.49. The van der Waals surface area contributed by atoms with Gasteiger partial charge in [-0.05, 0) is 43.0 Å². The molecule has 0 radical (unpaired) electrons. The SMILES string of the molecule is C=CC(=O)N1CCCC1.Nc1ncnc2[nH]c(C#CCOc3cccc4c3OCO4)cc12. The number of rotatable bonds is 3. The maximum absolute atomic E-state index is 10.8. The molecule has 4 heterocycles. The molecular formula is C23H23N5O4. The molecule has 0 aliphatic carbocycles. The Morgan fingerprint density at radius 2 is 2.16 bits per heavy atom. The van der Waals surface area contributed by atoms with Crippen molar-refractivity contribution in [2.24, 2.45) is 0 Å². The van der Waals surface area contributed by atoms with E-state index in [2.05, 4.69) is 33.4 Å². The second-order valence-corrected chi connectivity index (χ2v) is 7.02. The number of nitrogens with two attached hydrogens (primary N) is 1. The van der Waals surface area contributed by atoms with E-state index in [9.17, 15) is 4.79 Å². The maximum Gasteiger partial charge on any atom is 0.245 e. The molecule has 0 bridgehead atoms. The van der Waals surface area contributed by atoms with E-state index in [4.69, 9.17) is 19.9 Å². The number of benzene rings is 1. The summed E-state index contributed by atoms with van der Waals surface area (Å²) in [6, 6.07) is 7.30. The third-order valence-electron chi connectivity index (χ3n) is 4.93. The number of aromatic nitrogens is 3. The molecule has 1 saturated heterocycles. The van der Waals surface area contributed by atoms with Gasteiger partial charge in [0, 0.05) is 13.1 Å². The number of amides is 1. The maximum atomic E-state index is 10.8. The van der Waals surface area contributed by atoms with Gasteiger partial charge in [-0.1, -0.05) is 18.6 Å². The van der Waals surface area contributed by atoms with Gasteiger partial charge in [0.25, 0.3) is 0 Å². The van der Waals surface area contributed by atoms with Crippen molar-refractivity contribution in [3.8, 4) is 29.1 Å². The number of hydrogen-bond acceptors (Lipinski definition) is 7. The number of nitrogen functional groups attached to an aromatic ring is 1. The zero-order valence-corrected chi connectivity index (χ0v) is 17.5. The van der Waals surface area contributed by atoms with Gasteiger partial charge in [0.2, 0.25) is 18.4 Å². The minimum atomic E-state index is 0.0764. The van der Waals surface area contributed by atoms with E-state index < -0.39 is 0 Å².